The number of benzene rings is 2. The Morgan fingerprint density at radius 2 is 1.69 bits per heavy atom. The standard InChI is InChI=1S/C27H23IS/c1-27(2)23-6-4-3-5-19(23)20-10-7-17(14-24(20)27)16-8-11-25-21(13-16)22-15-18(28)9-12-26(22)29-25/h3,5,7-13,15,17H,4,6,14H2,1-2H3. The van der Waals surface area contributed by atoms with E-state index in [0.29, 0.717) is 5.92 Å². The van der Waals surface area contributed by atoms with E-state index in [1.807, 2.05) is 11.3 Å². The monoisotopic (exact) mass is 506 g/mol. The van der Waals surface area contributed by atoms with E-state index in [9.17, 15) is 0 Å². The first kappa shape index (κ1) is 18.1. The normalized spacial score (nSPS) is 22.7. The molecule has 1 unspecified atom stereocenters. The largest absolute Gasteiger partial charge is 0.135 e. The molecule has 1 atom stereocenters. The fraction of sp³-hybridized carbons (Fsp3) is 0.259. The van der Waals surface area contributed by atoms with Crippen molar-refractivity contribution in [2.75, 3.05) is 0 Å². The highest BCUT2D eigenvalue weighted by atomic mass is 127. The molecule has 1 heterocycles. The van der Waals surface area contributed by atoms with Crippen LogP contribution in [-0.2, 0) is 0 Å². The highest BCUT2D eigenvalue weighted by molar-refractivity contribution is 14.1. The predicted molar refractivity (Wildman–Crippen MR) is 135 cm³/mol. The molecule has 3 aliphatic rings. The highest BCUT2D eigenvalue weighted by Gasteiger charge is 2.40. The molecule has 0 amide bonds. The van der Waals surface area contributed by atoms with E-state index in [1.165, 1.54) is 53.3 Å². The molecule has 0 saturated heterocycles. The number of rotatable bonds is 1. The van der Waals surface area contributed by atoms with Gasteiger partial charge in [0.05, 0.1) is 0 Å². The van der Waals surface area contributed by atoms with Crippen LogP contribution in [0.3, 0.4) is 0 Å². The van der Waals surface area contributed by atoms with Gasteiger partial charge in [0.15, 0.2) is 0 Å². The van der Waals surface area contributed by atoms with Crippen LogP contribution in [0.15, 0.2) is 83.0 Å². The van der Waals surface area contributed by atoms with E-state index in [4.69, 9.17) is 0 Å². The second-order valence-corrected chi connectivity index (χ2v) is 11.3. The Labute approximate surface area is 189 Å². The molecule has 3 aliphatic carbocycles. The Bertz CT molecular complexity index is 1310. The fourth-order valence-corrected chi connectivity index (χ4v) is 7.09. The van der Waals surface area contributed by atoms with Gasteiger partial charge in [0.2, 0.25) is 0 Å². The Morgan fingerprint density at radius 3 is 2.55 bits per heavy atom. The van der Waals surface area contributed by atoms with Crippen molar-refractivity contribution in [2.45, 2.75) is 39.0 Å². The number of fused-ring (bicyclic) bond motifs is 4. The van der Waals surface area contributed by atoms with Crippen molar-refractivity contribution in [3.05, 3.63) is 92.1 Å². The third-order valence-electron chi connectivity index (χ3n) is 7.10. The van der Waals surface area contributed by atoms with Crippen molar-refractivity contribution in [1.82, 2.24) is 0 Å². The lowest BCUT2D eigenvalue weighted by atomic mass is 9.73. The van der Waals surface area contributed by atoms with E-state index in [1.54, 1.807) is 11.1 Å². The number of thiophene rings is 1. The van der Waals surface area contributed by atoms with Gasteiger partial charge in [0, 0.05) is 35.1 Å². The van der Waals surface area contributed by atoms with Crippen molar-refractivity contribution in [3.8, 4) is 0 Å². The molecular weight excluding hydrogens is 483 g/mol. The van der Waals surface area contributed by atoms with Gasteiger partial charge in [-0.2, -0.15) is 0 Å². The quantitative estimate of drug-likeness (QED) is 0.290. The summed E-state index contributed by atoms with van der Waals surface area (Å²) in [6.07, 6.45) is 13.1. The van der Waals surface area contributed by atoms with Crippen LogP contribution >= 0.6 is 33.9 Å². The van der Waals surface area contributed by atoms with Gasteiger partial charge in [-0.15, -0.1) is 11.3 Å². The third kappa shape index (κ3) is 2.68. The maximum atomic E-state index is 2.46. The molecule has 0 N–H and O–H groups in total. The van der Waals surface area contributed by atoms with Gasteiger partial charge in [-0.25, -0.2) is 0 Å². The molecule has 0 aliphatic heterocycles. The van der Waals surface area contributed by atoms with Gasteiger partial charge < -0.3 is 0 Å². The second-order valence-electron chi connectivity index (χ2n) is 9.02. The summed E-state index contributed by atoms with van der Waals surface area (Å²) in [6.45, 7) is 4.88. The Balaban J connectivity index is 1.41. The molecule has 2 aromatic carbocycles. The van der Waals surface area contributed by atoms with E-state index >= 15 is 0 Å². The SMILES string of the molecule is CC1(C)C2=C(C=CCC2)C2=C1CC(c1ccc3sc4ccc(I)cc4c3c1)C=C2. The van der Waals surface area contributed by atoms with Crippen molar-refractivity contribution in [1.29, 1.82) is 0 Å². The summed E-state index contributed by atoms with van der Waals surface area (Å²) in [6, 6.07) is 14.0. The molecule has 144 valence electrons. The molecular formula is C27H23IS. The van der Waals surface area contributed by atoms with Crippen LogP contribution in [0.2, 0.25) is 0 Å². The summed E-state index contributed by atoms with van der Waals surface area (Å²) >= 11 is 4.33. The molecule has 0 radical (unpaired) electrons. The molecule has 0 saturated carbocycles. The third-order valence-corrected chi connectivity index (χ3v) is 8.92. The van der Waals surface area contributed by atoms with Crippen LogP contribution in [0.1, 0.15) is 44.6 Å². The lowest BCUT2D eigenvalue weighted by Crippen LogP contribution is -2.18. The van der Waals surface area contributed by atoms with Crippen LogP contribution in [-0.4, -0.2) is 0 Å². The zero-order valence-corrected chi connectivity index (χ0v) is 19.7. The molecule has 1 aromatic heterocycles. The summed E-state index contributed by atoms with van der Waals surface area (Å²) in [4.78, 5) is 0. The van der Waals surface area contributed by atoms with Gasteiger partial charge in [0.1, 0.15) is 0 Å². The van der Waals surface area contributed by atoms with Crippen LogP contribution < -0.4 is 0 Å². The highest BCUT2D eigenvalue weighted by Crippen LogP contribution is 2.55. The Kier molecular flexibility index (Phi) is 4.02. The first-order valence-electron chi connectivity index (χ1n) is 10.5. The molecule has 3 aromatic rings. The topological polar surface area (TPSA) is 0 Å². The van der Waals surface area contributed by atoms with E-state index in [-0.39, 0.29) is 5.41 Å². The van der Waals surface area contributed by atoms with Gasteiger partial charge >= 0.3 is 0 Å². The van der Waals surface area contributed by atoms with E-state index in [2.05, 4.69) is 97.1 Å². The second kappa shape index (κ2) is 6.42. The average Bonchev–Trinajstić information content (AvgIpc) is 3.20. The minimum atomic E-state index is 0.202. The first-order chi connectivity index (χ1) is 14.0. The zero-order chi connectivity index (χ0) is 19.8. The summed E-state index contributed by atoms with van der Waals surface area (Å²) in [5.41, 5.74) is 7.98. The zero-order valence-electron chi connectivity index (χ0n) is 16.8. The predicted octanol–water partition coefficient (Wildman–Crippen LogP) is 8.69. The number of allylic oxidation sites excluding steroid dienone is 8. The van der Waals surface area contributed by atoms with Crippen LogP contribution in [0.4, 0.5) is 0 Å². The summed E-state index contributed by atoms with van der Waals surface area (Å²) in [5.74, 6) is 0.473. The number of halogens is 1. The summed E-state index contributed by atoms with van der Waals surface area (Å²) in [7, 11) is 0. The Morgan fingerprint density at radius 1 is 0.931 bits per heavy atom. The first-order valence-corrected chi connectivity index (χ1v) is 12.4. The summed E-state index contributed by atoms with van der Waals surface area (Å²) < 4.78 is 4.10. The molecule has 0 fully saturated rings. The molecule has 6 rings (SSSR count). The van der Waals surface area contributed by atoms with Gasteiger partial charge in [-0.3, -0.25) is 0 Å². The minimum Gasteiger partial charge on any atom is -0.135 e. The van der Waals surface area contributed by atoms with Crippen LogP contribution in [0.25, 0.3) is 20.2 Å². The van der Waals surface area contributed by atoms with Crippen molar-refractivity contribution < 1.29 is 0 Å². The lowest BCUT2D eigenvalue weighted by molar-refractivity contribution is 0.494. The number of hydrogen-bond donors (Lipinski definition) is 0. The molecule has 0 spiro atoms. The van der Waals surface area contributed by atoms with Crippen LogP contribution in [0.5, 0.6) is 0 Å². The van der Waals surface area contributed by atoms with Gasteiger partial charge in [-0.1, -0.05) is 55.4 Å². The fourth-order valence-electron chi connectivity index (χ4n) is 5.53. The molecule has 0 bridgehead atoms. The van der Waals surface area contributed by atoms with Crippen molar-refractivity contribution in [2.24, 2.45) is 5.41 Å². The van der Waals surface area contributed by atoms with Crippen LogP contribution in [0, 0.1) is 8.99 Å². The lowest BCUT2D eigenvalue weighted by Gasteiger charge is -2.31. The average molecular weight is 506 g/mol. The Hall–Kier alpha value is -1.65. The minimum absolute atomic E-state index is 0.202. The number of hydrogen-bond acceptors (Lipinski definition) is 1. The van der Waals surface area contributed by atoms with E-state index < -0.39 is 0 Å². The maximum absolute atomic E-state index is 2.46. The van der Waals surface area contributed by atoms with Gasteiger partial charge in [0.25, 0.3) is 0 Å². The molecule has 29 heavy (non-hydrogen) atoms. The molecule has 2 heteroatoms. The van der Waals surface area contributed by atoms with Crippen molar-refractivity contribution >= 4 is 54.1 Å². The van der Waals surface area contributed by atoms with E-state index in [0.717, 1.165) is 6.42 Å². The van der Waals surface area contributed by atoms with Crippen molar-refractivity contribution in [3.63, 3.8) is 0 Å². The molecule has 0 nitrogen and oxygen atoms in total. The maximum Gasteiger partial charge on any atom is 0.0356 e. The van der Waals surface area contributed by atoms with Gasteiger partial charge in [-0.05, 0) is 88.9 Å². The summed E-state index contributed by atoms with van der Waals surface area (Å²) in [5, 5.41) is 2.82. The smallest absolute Gasteiger partial charge is 0.0356 e.